The molecule has 0 radical (unpaired) electrons. The summed E-state index contributed by atoms with van der Waals surface area (Å²) in [6.07, 6.45) is 0.916. The van der Waals surface area contributed by atoms with Crippen molar-refractivity contribution in [3.8, 4) is 17.4 Å². The van der Waals surface area contributed by atoms with Crippen LogP contribution in [0.25, 0.3) is 10.9 Å². The van der Waals surface area contributed by atoms with Crippen LogP contribution in [-0.2, 0) is 27.5 Å². The first kappa shape index (κ1) is 32.0. The van der Waals surface area contributed by atoms with Crippen molar-refractivity contribution in [1.82, 2.24) is 4.98 Å². The van der Waals surface area contributed by atoms with E-state index in [0.29, 0.717) is 34.9 Å². The van der Waals surface area contributed by atoms with Gasteiger partial charge in [-0.1, -0.05) is 96.1 Å². The average molecular weight is 790 g/mol. The van der Waals surface area contributed by atoms with Crippen LogP contribution in [0.4, 0.5) is 5.69 Å². The van der Waals surface area contributed by atoms with E-state index in [2.05, 4.69) is 100.0 Å². The number of rotatable bonds is 7. The third-order valence-electron chi connectivity index (χ3n) is 9.20. The second-order valence-corrected chi connectivity index (χ2v) is 13.3. The van der Waals surface area contributed by atoms with Crippen LogP contribution in [0.3, 0.4) is 0 Å². The van der Waals surface area contributed by atoms with Crippen molar-refractivity contribution in [3.05, 3.63) is 124 Å². The van der Waals surface area contributed by atoms with E-state index in [1.807, 2.05) is 36.4 Å². The quantitative estimate of drug-likeness (QED) is 0.167. The predicted octanol–water partition coefficient (Wildman–Crippen LogP) is 9.83. The molecule has 1 aliphatic carbocycles. The maximum atomic E-state index is 10.4. The Bertz CT molecular complexity index is 1920. The first-order valence-electron chi connectivity index (χ1n) is 16.1. The van der Waals surface area contributed by atoms with E-state index in [4.69, 9.17) is 9.73 Å². The van der Waals surface area contributed by atoms with Crippen LogP contribution >= 0.6 is 0 Å². The van der Waals surface area contributed by atoms with Gasteiger partial charge in [-0.3, -0.25) is 0 Å². The van der Waals surface area contributed by atoms with Crippen LogP contribution in [0, 0.1) is 6.07 Å². The molecule has 5 nitrogen and oxygen atoms in total. The molecule has 6 heteroatoms. The third kappa shape index (κ3) is 5.64. The van der Waals surface area contributed by atoms with Crippen LogP contribution in [0.1, 0.15) is 98.7 Å². The van der Waals surface area contributed by atoms with Crippen molar-refractivity contribution < 1.29 is 30.9 Å². The molecule has 2 aliphatic rings. The number of nitrogens with zero attached hydrogens (tertiary/aromatic N) is 3. The molecule has 0 amide bonds. The van der Waals surface area contributed by atoms with Crippen molar-refractivity contribution in [2.24, 2.45) is 4.99 Å². The van der Waals surface area contributed by atoms with E-state index in [0.717, 1.165) is 23.2 Å². The summed E-state index contributed by atoms with van der Waals surface area (Å²) in [4.78, 5) is 12.6. The number of ether oxygens (including phenoxy) is 1. The fraction of sp³-hybridized carbons (Fsp3) is 0.300. The molecule has 0 spiro atoms. The molecule has 46 heavy (non-hydrogen) atoms. The molecular weight excluding hydrogens is 750 g/mol. The van der Waals surface area contributed by atoms with Crippen LogP contribution in [0.15, 0.2) is 89.9 Å². The van der Waals surface area contributed by atoms with Gasteiger partial charge in [0.2, 0.25) is 5.88 Å². The van der Waals surface area contributed by atoms with E-state index in [1.54, 1.807) is 6.07 Å². The zero-order valence-corrected chi connectivity index (χ0v) is 29.5. The molecule has 1 aromatic heterocycles. The van der Waals surface area contributed by atoms with Gasteiger partial charge in [0.25, 0.3) is 0 Å². The Labute approximate surface area is 286 Å². The summed E-state index contributed by atoms with van der Waals surface area (Å²) in [5.74, 6) is 3.12. The smallest absolute Gasteiger partial charge is 0.217 e. The van der Waals surface area contributed by atoms with Gasteiger partial charge in [-0.05, 0) is 64.1 Å². The Morgan fingerprint density at radius 2 is 1.54 bits per heavy atom. The zero-order chi connectivity index (χ0) is 31.4. The molecule has 0 saturated carbocycles. The molecule has 0 saturated heterocycles. The van der Waals surface area contributed by atoms with Crippen molar-refractivity contribution >= 4 is 22.4 Å². The summed E-state index contributed by atoms with van der Waals surface area (Å²) < 4.78 is 6.25. The monoisotopic (exact) mass is 789 g/mol. The Morgan fingerprint density at radius 3 is 2.26 bits per heavy atom. The molecule has 0 bridgehead atoms. The number of phenols is 1. The second-order valence-electron chi connectivity index (χ2n) is 13.3. The summed E-state index contributed by atoms with van der Waals surface area (Å²) >= 11 is 0. The average Bonchev–Trinajstić information content (AvgIpc) is 3.57. The molecular formula is C40H40N3O2Pt-. The standard InChI is InChI=1S/C40H40N3O2.Pt/c1-23(2)29-20-32(24(3)4)38(33(21-29)25(5)6)43-39-31-15-8-7-11-27(31)22-34(39)41-40(43)28-13-9-14-30(19-28)45-36-18-17-26-12-10-16-35(44)37(26)42-36;/h7-18,20-21,23-25,34,39,44H,22H2,1-6H3;/q-1;/t34-,39+;/m0./s1. The van der Waals surface area contributed by atoms with Crippen molar-refractivity contribution in [2.45, 2.75) is 77.8 Å². The summed E-state index contributed by atoms with van der Waals surface area (Å²) in [5, 5.41) is 11.2. The Hall–Kier alpha value is -3.95. The molecule has 7 rings (SSSR count). The van der Waals surface area contributed by atoms with Gasteiger partial charge >= 0.3 is 0 Å². The van der Waals surface area contributed by atoms with E-state index < -0.39 is 0 Å². The molecule has 2 atom stereocenters. The summed E-state index contributed by atoms with van der Waals surface area (Å²) in [7, 11) is 0. The summed E-state index contributed by atoms with van der Waals surface area (Å²) in [6, 6.07) is 32.5. The summed E-state index contributed by atoms with van der Waals surface area (Å²) in [6.45, 7) is 13.8. The van der Waals surface area contributed by atoms with Crippen LogP contribution in [0.5, 0.6) is 17.4 Å². The number of pyridine rings is 1. The number of aromatic hydroxyl groups is 1. The molecule has 238 valence electrons. The number of phenolic OH excluding ortho intramolecular Hbond substituents is 1. The number of aromatic nitrogens is 1. The molecule has 0 fully saturated rings. The van der Waals surface area contributed by atoms with Gasteiger partial charge in [-0.2, -0.15) is 0 Å². The van der Waals surface area contributed by atoms with E-state index >= 15 is 0 Å². The van der Waals surface area contributed by atoms with Crippen molar-refractivity contribution in [3.63, 3.8) is 0 Å². The number of hydrogen-bond acceptors (Lipinski definition) is 5. The number of aliphatic imine (C=N–C) groups is 1. The topological polar surface area (TPSA) is 58.0 Å². The van der Waals surface area contributed by atoms with Gasteiger partial charge in [-0.15, -0.1) is 23.8 Å². The minimum atomic E-state index is 0. The number of fused-ring (bicyclic) bond motifs is 4. The van der Waals surface area contributed by atoms with Crippen molar-refractivity contribution in [2.75, 3.05) is 4.90 Å². The second kappa shape index (κ2) is 12.7. The molecule has 2 heterocycles. The molecule has 5 aromatic rings. The van der Waals surface area contributed by atoms with E-state index in [-0.39, 0.29) is 38.9 Å². The molecule has 1 aliphatic heterocycles. The number of amidine groups is 1. The van der Waals surface area contributed by atoms with E-state index in [9.17, 15) is 5.11 Å². The Morgan fingerprint density at radius 1 is 0.826 bits per heavy atom. The van der Waals surface area contributed by atoms with Crippen LogP contribution < -0.4 is 9.64 Å². The molecule has 1 N–H and O–H groups in total. The third-order valence-corrected chi connectivity index (χ3v) is 9.20. The summed E-state index contributed by atoms with van der Waals surface area (Å²) in [5.41, 5.74) is 9.50. The fourth-order valence-electron chi connectivity index (χ4n) is 6.89. The Kier molecular flexibility index (Phi) is 8.82. The first-order valence-corrected chi connectivity index (χ1v) is 16.1. The van der Waals surface area contributed by atoms with E-state index in [1.165, 1.54) is 33.5 Å². The van der Waals surface area contributed by atoms with Gasteiger partial charge < -0.3 is 19.7 Å². The maximum absolute atomic E-state index is 10.4. The maximum Gasteiger partial charge on any atom is 0.217 e. The molecule has 0 unspecified atom stereocenters. The SMILES string of the molecule is CC(C)c1cc(C(C)C)c(N2C(c3[c-]c(Oc4ccc5cccc(O)c5n4)ccc3)=N[C@H]3Cc4ccccc4[C@H]32)c(C(C)C)c1.[Pt]. The van der Waals surface area contributed by atoms with Gasteiger partial charge in [0.15, 0.2) is 0 Å². The van der Waals surface area contributed by atoms with Gasteiger partial charge in [-0.25, -0.2) is 4.98 Å². The minimum absolute atomic E-state index is 0. The van der Waals surface area contributed by atoms with Gasteiger partial charge in [0.05, 0.1) is 17.9 Å². The van der Waals surface area contributed by atoms with Crippen molar-refractivity contribution in [1.29, 1.82) is 0 Å². The number of benzene rings is 4. The molecule has 4 aromatic carbocycles. The Balaban J connectivity index is 0.00000372. The predicted molar refractivity (Wildman–Crippen MR) is 183 cm³/mol. The van der Waals surface area contributed by atoms with Gasteiger partial charge in [0, 0.05) is 44.0 Å². The largest absolute Gasteiger partial charge is 0.506 e. The first-order chi connectivity index (χ1) is 21.7. The number of para-hydroxylation sites is 1. The number of anilines is 1. The van der Waals surface area contributed by atoms with Gasteiger partial charge in [0.1, 0.15) is 11.3 Å². The minimum Gasteiger partial charge on any atom is -0.506 e. The normalized spacial score (nSPS) is 17.0. The fourth-order valence-corrected chi connectivity index (χ4v) is 6.89. The number of hydrogen-bond donors (Lipinski definition) is 1. The van der Waals surface area contributed by atoms with Crippen LogP contribution in [-0.4, -0.2) is 22.0 Å². The van der Waals surface area contributed by atoms with Crippen LogP contribution in [0.2, 0.25) is 0 Å². The zero-order valence-electron chi connectivity index (χ0n) is 27.2.